The summed E-state index contributed by atoms with van der Waals surface area (Å²) in [6.45, 7) is 8.00. The summed E-state index contributed by atoms with van der Waals surface area (Å²) < 4.78 is 3.28. The van der Waals surface area contributed by atoms with Crippen LogP contribution < -0.4 is 10.9 Å². The largest absolute Gasteiger partial charge is 0.344 e. The zero-order valence-corrected chi connectivity index (χ0v) is 17.6. The summed E-state index contributed by atoms with van der Waals surface area (Å²) in [5.41, 5.74) is 3.31. The molecule has 0 fully saturated rings. The van der Waals surface area contributed by atoms with Gasteiger partial charge in [0.05, 0.1) is 11.7 Å². The van der Waals surface area contributed by atoms with E-state index in [1.165, 1.54) is 0 Å². The second kappa shape index (κ2) is 8.47. The molecule has 1 N–H and O–H groups in total. The number of nitrogens with zero attached hydrogens (tertiary/aromatic N) is 3. The molecule has 0 bridgehead atoms. The van der Waals surface area contributed by atoms with E-state index in [1.54, 1.807) is 28.6 Å². The predicted molar refractivity (Wildman–Crippen MR) is 115 cm³/mol. The Morgan fingerprint density at radius 3 is 2.59 bits per heavy atom. The molecule has 0 aliphatic heterocycles. The van der Waals surface area contributed by atoms with Crippen LogP contribution in [0.2, 0.25) is 0 Å². The van der Waals surface area contributed by atoms with Gasteiger partial charge in [0.2, 0.25) is 0 Å². The van der Waals surface area contributed by atoms with Crippen LogP contribution in [-0.2, 0) is 7.05 Å². The first kappa shape index (κ1) is 20.6. The average Bonchev–Trinajstić information content (AvgIpc) is 3.12. The van der Waals surface area contributed by atoms with Crippen molar-refractivity contribution in [2.75, 3.05) is 0 Å². The van der Waals surface area contributed by atoms with E-state index >= 15 is 0 Å². The first-order chi connectivity index (χ1) is 13.8. The molecule has 152 valence electrons. The molecule has 0 spiro atoms. The number of nitrogens with one attached hydrogen (secondary N) is 1. The highest BCUT2D eigenvalue weighted by Gasteiger charge is 2.21. The number of amides is 1. The summed E-state index contributed by atoms with van der Waals surface area (Å²) in [6.07, 6.45) is 4.13. The van der Waals surface area contributed by atoms with Crippen LogP contribution >= 0.6 is 0 Å². The minimum Gasteiger partial charge on any atom is -0.344 e. The molecule has 2 heterocycles. The summed E-state index contributed by atoms with van der Waals surface area (Å²) in [5, 5.41) is 7.18. The molecular formula is C23H28N4O2. The lowest BCUT2D eigenvalue weighted by atomic mass is 10.0. The molecule has 0 saturated heterocycles. The number of hydrogen-bond donors (Lipinski definition) is 1. The van der Waals surface area contributed by atoms with E-state index in [0.29, 0.717) is 17.9 Å². The fourth-order valence-corrected chi connectivity index (χ4v) is 3.48. The molecule has 0 aliphatic carbocycles. The second-order valence-electron chi connectivity index (χ2n) is 7.61. The number of carbonyl (C=O) groups is 1. The van der Waals surface area contributed by atoms with Crippen molar-refractivity contribution in [3.63, 3.8) is 0 Å². The number of rotatable bonds is 6. The summed E-state index contributed by atoms with van der Waals surface area (Å²) in [7, 11) is 1.84. The van der Waals surface area contributed by atoms with Gasteiger partial charge in [-0.2, -0.15) is 5.10 Å². The van der Waals surface area contributed by atoms with Gasteiger partial charge in [0.25, 0.3) is 11.5 Å². The minimum absolute atomic E-state index is 0.170. The highest BCUT2D eigenvalue weighted by molar-refractivity contribution is 5.95. The van der Waals surface area contributed by atoms with E-state index < -0.39 is 0 Å². The molecule has 3 aromatic rings. The highest BCUT2D eigenvalue weighted by atomic mass is 16.2. The summed E-state index contributed by atoms with van der Waals surface area (Å²) >= 11 is 0. The van der Waals surface area contributed by atoms with Gasteiger partial charge in [-0.1, -0.05) is 32.9 Å². The normalized spacial score (nSPS) is 12.2. The van der Waals surface area contributed by atoms with Crippen molar-refractivity contribution in [1.29, 1.82) is 0 Å². The molecule has 29 heavy (non-hydrogen) atoms. The van der Waals surface area contributed by atoms with Crippen LogP contribution in [0.1, 0.15) is 66.3 Å². The Morgan fingerprint density at radius 2 is 1.97 bits per heavy atom. The van der Waals surface area contributed by atoms with Crippen molar-refractivity contribution in [3.05, 3.63) is 81.5 Å². The van der Waals surface area contributed by atoms with Gasteiger partial charge in [-0.25, -0.2) is 0 Å². The van der Waals surface area contributed by atoms with Gasteiger partial charge < -0.3 is 5.32 Å². The maximum absolute atomic E-state index is 13.2. The Kier molecular flexibility index (Phi) is 6.01. The molecule has 0 radical (unpaired) electrons. The number of benzene rings is 1. The zero-order valence-electron chi connectivity index (χ0n) is 17.6. The van der Waals surface area contributed by atoms with Crippen molar-refractivity contribution in [3.8, 4) is 5.69 Å². The van der Waals surface area contributed by atoms with Crippen LogP contribution in [0.3, 0.4) is 0 Å². The van der Waals surface area contributed by atoms with E-state index in [9.17, 15) is 9.59 Å². The van der Waals surface area contributed by atoms with Gasteiger partial charge in [-0.05, 0) is 54.7 Å². The number of carbonyl (C=O) groups excluding carboxylic acids is 1. The standard InChI is InChI=1S/C23H28N4O2/c1-6-19(20-10-12-24-26(20)5)25-22(28)21-16(4)11-13-27(23(21)29)18-9-7-8-17(14-18)15(2)3/h7-15,19H,6H2,1-5H3,(H,25,28). The van der Waals surface area contributed by atoms with Crippen LogP contribution in [0.25, 0.3) is 5.69 Å². The van der Waals surface area contributed by atoms with Crippen LogP contribution in [-0.4, -0.2) is 20.3 Å². The van der Waals surface area contributed by atoms with Gasteiger partial charge in [0, 0.05) is 25.1 Å². The third kappa shape index (κ3) is 4.16. The third-order valence-corrected chi connectivity index (χ3v) is 5.27. The molecular weight excluding hydrogens is 364 g/mol. The van der Waals surface area contributed by atoms with Gasteiger partial charge in [0.15, 0.2) is 0 Å². The zero-order chi connectivity index (χ0) is 21.1. The molecule has 1 amide bonds. The number of aryl methyl sites for hydroxylation is 2. The van der Waals surface area contributed by atoms with Gasteiger partial charge in [-0.15, -0.1) is 0 Å². The molecule has 1 unspecified atom stereocenters. The topological polar surface area (TPSA) is 68.9 Å². The monoisotopic (exact) mass is 392 g/mol. The number of hydrogen-bond acceptors (Lipinski definition) is 3. The highest BCUT2D eigenvalue weighted by Crippen LogP contribution is 2.19. The first-order valence-electron chi connectivity index (χ1n) is 9.94. The number of aromatic nitrogens is 3. The second-order valence-corrected chi connectivity index (χ2v) is 7.61. The van der Waals surface area contributed by atoms with E-state index in [-0.39, 0.29) is 23.1 Å². The van der Waals surface area contributed by atoms with E-state index in [0.717, 1.165) is 16.9 Å². The quantitative estimate of drug-likeness (QED) is 0.692. The molecule has 2 aromatic heterocycles. The molecule has 0 saturated carbocycles. The summed E-state index contributed by atoms with van der Waals surface area (Å²) in [4.78, 5) is 26.3. The molecule has 3 rings (SSSR count). The Hall–Kier alpha value is -3.15. The molecule has 1 aromatic carbocycles. The van der Waals surface area contributed by atoms with E-state index in [1.807, 2.05) is 50.4 Å². The molecule has 6 nitrogen and oxygen atoms in total. The Bertz CT molecular complexity index is 1080. The van der Waals surface area contributed by atoms with Crippen molar-refractivity contribution >= 4 is 5.91 Å². The summed E-state index contributed by atoms with van der Waals surface area (Å²) in [5.74, 6) is -0.0157. The Labute approximate surface area is 171 Å². The maximum atomic E-state index is 13.2. The lowest BCUT2D eigenvalue weighted by Gasteiger charge is -2.18. The van der Waals surface area contributed by atoms with E-state index in [2.05, 4.69) is 24.3 Å². The SMILES string of the molecule is CCC(NC(=O)c1c(C)ccn(-c2cccc(C(C)C)c2)c1=O)c1ccnn1C. The molecule has 1 atom stereocenters. The Balaban J connectivity index is 1.99. The van der Waals surface area contributed by atoms with Crippen LogP contribution in [0.4, 0.5) is 0 Å². The predicted octanol–water partition coefficient (Wildman–Crippen LogP) is 3.88. The third-order valence-electron chi connectivity index (χ3n) is 5.27. The van der Waals surface area contributed by atoms with Gasteiger partial charge >= 0.3 is 0 Å². The Morgan fingerprint density at radius 1 is 1.21 bits per heavy atom. The minimum atomic E-state index is -0.366. The molecule has 6 heteroatoms. The lowest BCUT2D eigenvalue weighted by molar-refractivity contribution is 0.0931. The lowest BCUT2D eigenvalue weighted by Crippen LogP contribution is -2.36. The maximum Gasteiger partial charge on any atom is 0.268 e. The first-order valence-corrected chi connectivity index (χ1v) is 9.94. The average molecular weight is 393 g/mol. The van der Waals surface area contributed by atoms with Crippen molar-refractivity contribution in [2.24, 2.45) is 7.05 Å². The van der Waals surface area contributed by atoms with Crippen LogP contribution in [0, 0.1) is 6.92 Å². The van der Waals surface area contributed by atoms with Crippen LogP contribution in [0.5, 0.6) is 0 Å². The number of pyridine rings is 1. The summed E-state index contributed by atoms with van der Waals surface area (Å²) in [6, 6.07) is 11.3. The fraction of sp³-hybridized carbons (Fsp3) is 0.348. The smallest absolute Gasteiger partial charge is 0.268 e. The van der Waals surface area contributed by atoms with E-state index in [4.69, 9.17) is 0 Å². The molecule has 0 aliphatic rings. The van der Waals surface area contributed by atoms with Crippen molar-refractivity contribution < 1.29 is 4.79 Å². The van der Waals surface area contributed by atoms with Gasteiger partial charge in [0.1, 0.15) is 5.56 Å². The van der Waals surface area contributed by atoms with Gasteiger partial charge in [-0.3, -0.25) is 18.8 Å². The van der Waals surface area contributed by atoms with Crippen LogP contribution in [0.15, 0.2) is 53.6 Å². The van der Waals surface area contributed by atoms with Crippen molar-refractivity contribution in [1.82, 2.24) is 19.7 Å². The van der Waals surface area contributed by atoms with Crippen molar-refractivity contribution in [2.45, 2.75) is 46.1 Å². The fourth-order valence-electron chi connectivity index (χ4n) is 3.48.